The molecule has 2 aromatic rings. The number of nitrogens with one attached hydrogen (secondary N) is 2. The summed E-state index contributed by atoms with van der Waals surface area (Å²) in [5, 5.41) is 5.61. The largest absolute Gasteiger partial charge is 0.350 e. The minimum absolute atomic E-state index is 0.0749. The SMILES string of the molecule is O=C(NC1CCCC1)c1ccc(NC2=C(Cl)C(=O)N(c3ccc(F)cc3)C2=O)cc1. The number of imide groups is 1. The van der Waals surface area contributed by atoms with E-state index in [0.29, 0.717) is 11.3 Å². The van der Waals surface area contributed by atoms with Gasteiger partial charge in [0.15, 0.2) is 0 Å². The number of halogens is 2. The molecule has 0 spiro atoms. The molecule has 0 unspecified atom stereocenters. The average Bonchev–Trinajstić information content (AvgIpc) is 3.32. The highest BCUT2D eigenvalue weighted by Crippen LogP contribution is 2.30. The fourth-order valence-electron chi connectivity index (χ4n) is 3.62. The number of nitrogens with zero attached hydrogens (tertiary/aromatic N) is 1. The lowest BCUT2D eigenvalue weighted by molar-refractivity contribution is -0.120. The zero-order valence-electron chi connectivity index (χ0n) is 16.0. The maximum atomic E-state index is 13.1. The van der Waals surface area contributed by atoms with Gasteiger partial charge in [0.05, 0.1) is 5.69 Å². The number of hydrogen-bond acceptors (Lipinski definition) is 4. The maximum Gasteiger partial charge on any atom is 0.283 e. The molecule has 0 bridgehead atoms. The Morgan fingerprint density at radius 1 is 0.967 bits per heavy atom. The Morgan fingerprint density at radius 3 is 2.23 bits per heavy atom. The van der Waals surface area contributed by atoms with Crippen LogP contribution in [0.3, 0.4) is 0 Å². The minimum atomic E-state index is -0.691. The van der Waals surface area contributed by atoms with Gasteiger partial charge in [0, 0.05) is 17.3 Å². The first kappa shape index (κ1) is 20.1. The molecule has 8 heteroatoms. The van der Waals surface area contributed by atoms with Gasteiger partial charge < -0.3 is 10.6 Å². The van der Waals surface area contributed by atoms with Gasteiger partial charge in [-0.2, -0.15) is 0 Å². The highest BCUT2D eigenvalue weighted by Gasteiger charge is 2.39. The molecular weight excluding hydrogens is 409 g/mol. The van der Waals surface area contributed by atoms with E-state index in [-0.39, 0.29) is 28.4 Å². The van der Waals surface area contributed by atoms with E-state index in [1.54, 1.807) is 24.3 Å². The first-order valence-electron chi connectivity index (χ1n) is 9.66. The van der Waals surface area contributed by atoms with Gasteiger partial charge in [0.2, 0.25) is 0 Å². The van der Waals surface area contributed by atoms with Crippen LogP contribution in [0.25, 0.3) is 0 Å². The van der Waals surface area contributed by atoms with Crippen molar-refractivity contribution in [2.75, 3.05) is 10.2 Å². The number of rotatable bonds is 5. The Hall–Kier alpha value is -3.19. The van der Waals surface area contributed by atoms with Crippen LogP contribution in [0.15, 0.2) is 59.3 Å². The summed E-state index contributed by atoms with van der Waals surface area (Å²) in [4.78, 5) is 38.4. The van der Waals surface area contributed by atoms with Crippen molar-refractivity contribution in [3.63, 3.8) is 0 Å². The van der Waals surface area contributed by atoms with Crippen LogP contribution in [0.2, 0.25) is 0 Å². The van der Waals surface area contributed by atoms with Gasteiger partial charge in [0.25, 0.3) is 17.7 Å². The Balaban J connectivity index is 1.46. The molecule has 2 aliphatic rings. The first-order chi connectivity index (χ1) is 14.4. The molecule has 2 aromatic carbocycles. The fraction of sp³-hybridized carbons (Fsp3) is 0.227. The van der Waals surface area contributed by atoms with Crippen molar-refractivity contribution in [1.82, 2.24) is 5.32 Å². The van der Waals surface area contributed by atoms with Gasteiger partial charge in [-0.25, -0.2) is 9.29 Å². The topological polar surface area (TPSA) is 78.5 Å². The van der Waals surface area contributed by atoms with Crippen molar-refractivity contribution < 1.29 is 18.8 Å². The monoisotopic (exact) mass is 427 g/mol. The number of carbonyl (C=O) groups excluding carboxylic acids is 3. The Kier molecular flexibility index (Phi) is 5.55. The predicted octanol–water partition coefficient (Wildman–Crippen LogP) is 3.93. The molecule has 1 aliphatic heterocycles. The molecule has 0 saturated heterocycles. The lowest BCUT2D eigenvalue weighted by Gasteiger charge is -2.15. The van der Waals surface area contributed by atoms with Crippen LogP contribution in [-0.4, -0.2) is 23.8 Å². The van der Waals surface area contributed by atoms with Crippen LogP contribution in [0.5, 0.6) is 0 Å². The molecule has 1 saturated carbocycles. The van der Waals surface area contributed by atoms with E-state index >= 15 is 0 Å². The zero-order valence-corrected chi connectivity index (χ0v) is 16.7. The Bertz CT molecular complexity index is 1030. The Labute approximate surface area is 177 Å². The molecule has 0 radical (unpaired) electrons. The summed E-state index contributed by atoms with van der Waals surface area (Å²) in [5.41, 5.74) is 1.16. The third-order valence-electron chi connectivity index (χ3n) is 5.22. The predicted molar refractivity (Wildman–Crippen MR) is 112 cm³/mol. The second-order valence-electron chi connectivity index (χ2n) is 7.27. The maximum absolute atomic E-state index is 13.1. The molecule has 3 amide bonds. The van der Waals surface area contributed by atoms with Gasteiger partial charge in [-0.15, -0.1) is 0 Å². The minimum Gasteiger partial charge on any atom is -0.350 e. The standard InChI is InChI=1S/C22H19ClFN3O3/c23-18-19(22(30)27(21(18)29)17-11-7-14(24)8-12-17)25-16-9-5-13(6-10-16)20(28)26-15-3-1-2-4-15/h5-12,15,25H,1-4H2,(H,26,28). The van der Waals surface area contributed by atoms with Crippen molar-refractivity contribution >= 4 is 40.7 Å². The van der Waals surface area contributed by atoms with Crippen LogP contribution >= 0.6 is 11.6 Å². The smallest absolute Gasteiger partial charge is 0.283 e. The third-order valence-corrected chi connectivity index (χ3v) is 5.57. The summed E-state index contributed by atoms with van der Waals surface area (Å²) in [7, 11) is 0. The van der Waals surface area contributed by atoms with Gasteiger partial charge in [-0.3, -0.25) is 14.4 Å². The van der Waals surface area contributed by atoms with Gasteiger partial charge >= 0.3 is 0 Å². The van der Waals surface area contributed by atoms with Crippen LogP contribution in [-0.2, 0) is 9.59 Å². The van der Waals surface area contributed by atoms with E-state index in [1.165, 1.54) is 12.1 Å². The number of carbonyl (C=O) groups is 3. The number of benzene rings is 2. The van der Waals surface area contributed by atoms with E-state index in [2.05, 4.69) is 10.6 Å². The van der Waals surface area contributed by atoms with E-state index in [1.807, 2.05) is 0 Å². The highest BCUT2D eigenvalue weighted by atomic mass is 35.5. The molecule has 0 atom stereocenters. The number of hydrogen-bond donors (Lipinski definition) is 2. The van der Waals surface area contributed by atoms with Crippen molar-refractivity contribution in [3.8, 4) is 0 Å². The summed E-state index contributed by atoms with van der Waals surface area (Å²) in [6.45, 7) is 0. The molecule has 30 heavy (non-hydrogen) atoms. The quantitative estimate of drug-likeness (QED) is 0.708. The molecule has 1 fully saturated rings. The van der Waals surface area contributed by atoms with Crippen LogP contribution < -0.4 is 15.5 Å². The van der Waals surface area contributed by atoms with Crippen molar-refractivity contribution in [2.45, 2.75) is 31.7 Å². The van der Waals surface area contributed by atoms with E-state index in [9.17, 15) is 18.8 Å². The molecule has 4 rings (SSSR count). The van der Waals surface area contributed by atoms with Gasteiger partial charge in [-0.1, -0.05) is 24.4 Å². The zero-order chi connectivity index (χ0) is 21.3. The van der Waals surface area contributed by atoms with Gasteiger partial charge in [0.1, 0.15) is 16.5 Å². The van der Waals surface area contributed by atoms with Crippen LogP contribution in [0.4, 0.5) is 15.8 Å². The van der Waals surface area contributed by atoms with Crippen LogP contribution in [0, 0.1) is 5.82 Å². The normalized spacial score (nSPS) is 17.1. The summed E-state index contributed by atoms with van der Waals surface area (Å²) in [6, 6.07) is 11.7. The van der Waals surface area contributed by atoms with E-state index < -0.39 is 17.6 Å². The molecule has 0 aromatic heterocycles. The summed E-state index contributed by atoms with van der Waals surface area (Å²) in [5.74, 6) is -1.95. The molecule has 1 aliphatic carbocycles. The third kappa shape index (κ3) is 3.93. The fourth-order valence-corrected chi connectivity index (χ4v) is 3.84. The van der Waals surface area contributed by atoms with Crippen molar-refractivity contribution in [3.05, 3.63) is 70.6 Å². The number of anilines is 2. The lowest BCUT2D eigenvalue weighted by Crippen LogP contribution is -2.32. The van der Waals surface area contributed by atoms with Crippen molar-refractivity contribution in [1.29, 1.82) is 0 Å². The highest BCUT2D eigenvalue weighted by molar-refractivity contribution is 6.53. The molecule has 2 N–H and O–H groups in total. The number of amides is 3. The second-order valence-corrected chi connectivity index (χ2v) is 7.65. The summed E-state index contributed by atoms with van der Waals surface area (Å²) < 4.78 is 13.1. The van der Waals surface area contributed by atoms with Gasteiger partial charge in [-0.05, 0) is 61.4 Å². The molecular formula is C22H19ClFN3O3. The summed E-state index contributed by atoms with van der Waals surface area (Å²) in [6.07, 6.45) is 4.26. The summed E-state index contributed by atoms with van der Waals surface area (Å²) >= 11 is 6.09. The van der Waals surface area contributed by atoms with E-state index in [0.717, 1.165) is 42.7 Å². The lowest BCUT2D eigenvalue weighted by atomic mass is 10.1. The Morgan fingerprint density at radius 2 is 1.60 bits per heavy atom. The van der Waals surface area contributed by atoms with Crippen LogP contribution in [0.1, 0.15) is 36.0 Å². The molecule has 154 valence electrons. The first-order valence-corrected chi connectivity index (χ1v) is 10.0. The van der Waals surface area contributed by atoms with E-state index in [4.69, 9.17) is 11.6 Å². The molecule has 6 nitrogen and oxygen atoms in total. The average molecular weight is 428 g/mol. The second kappa shape index (κ2) is 8.28. The van der Waals surface area contributed by atoms with Crippen molar-refractivity contribution in [2.24, 2.45) is 0 Å². The molecule has 1 heterocycles.